The maximum absolute atomic E-state index is 6.07. The molecule has 0 unspecified atom stereocenters. The number of aromatic nitrogens is 2. The SMILES string of the molecule is Cc1ccc(OC2CCN(Cc3cn(C)cn3)CC2)cc1.I. The summed E-state index contributed by atoms with van der Waals surface area (Å²) in [6, 6.07) is 8.34. The molecule has 0 amide bonds. The van der Waals surface area contributed by atoms with Gasteiger partial charge in [0.1, 0.15) is 11.9 Å². The van der Waals surface area contributed by atoms with Crippen LogP contribution in [0.2, 0.25) is 0 Å². The van der Waals surface area contributed by atoms with Crippen molar-refractivity contribution < 1.29 is 4.74 Å². The number of likely N-dealkylation sites (tertiary alicyclic amines) is 1. The molecule has 1 aliphatic heterocycles. The second kappa shape index (κ2) is 7.97. The normalized spacial score (nSPS) is 16.3. The highest BCUT2D eigenvalue weighted by Crippen LogP contribution is 2.20. The molecule has 120 valence electrons. The van der Waals surface area contributed by atoms with E-state index >= 15 is 0 Å². The summed E-state index contributed by atoms with van der Waals surface area (Å²) in [5, 5.41) is 0. The average molecular weight is 413 g/mol. The number of aryl methyl sites for hydroxylation is 2. The summed E-state index contributed by atoms with van der Waals surface area (Å²) in [7, 11) is 2.01. The molecule has 0 N–H and O–H groups in total. The highest BCUT2D eigenvalue weighted by molar-refractivity contribution is 14.0. The van der Waals surface area contributed by atoms with E-state index in [1.807, 2.05) is 17.9 Å². The van der Waals surface area contributed by atoms with Gasteiger partial charge < -0.3 is 9.30 Å². The van der Waals surface area contributed by atoms with E-state index in [4.69, 9.17) is 4.74 Å². The highest BCUT2D eigenvalue weighted by atomic mass is 127. The van der Waals surface area contributed by atoms with E-state index in [0.717, 1.165) is 43.9 Å². The van der Waals surface area contributed by atoms with Crippen LogP contribution >= 0.6 is 24.0 Å². The van der Waals surface area contributed by atoms with Crippen molar-refractivity contribution in [3.8, 4) is 5.75 Å². The molecule has 3 rings (SSSR count). The number of imidazole rings is 1. The van der Waals surface area contributed by atoms with Crippen LogP contribution in [-0.4, -0.2) is 33.6 Å². The molecule has 2 heterocycles. The fraction of sp³-hybridized carbons (Fsp3) is 0.471. The Hall–Kier alpha value is -1.08. The molecule has 1 aliphatic rings. The second-order valence-electron chi connectivity index (χ2n) is 5.94. The van der Waals surface area contributed by atoms with Gasteiger partial charge in [-0.3, -0.25) is 4.90 Å². The lowest BCUT2D eigenvalue weighted by atomic mass is 10.1. The zero-order valence-electron chi connectivity index (χ0n) is 13.2. The predicted octanol–water partition coefficient (Wildman–Crippen LogP) is 3.39. The minimum Gasteiger partial charge on any atom is -0.490 e. The number of hydrogen-bond acceptors (Lipinski definition) is 3. The summed E-state index contributed by atoms with van der Waals surface area (Å²) in [4.78, 5) is 6.85. The predicted molar refractivity (Wildman–Crippen MR) is 98.7 cm³/mol. The summed E-state index contributed by atoms with van der Waals surface area (Å²) in [6.07, 6.45) is 6.46. The first-order valence-corrected chi connectivity index (χ1v) is 7.61. The molecule has 0 atom stereocenters. The van der Waals surface area contributed by atoms with Gasteiger partial charge in [0.25, 0.3) is 0 Å². The number of rotatable bonds is 4. The minimum atomic E-state index is 0. The van der Waals surface area contributed by atoms with Crippen molar-refractivity contribution in [3.63, 3.8) is 0 Å². The highest BCUT2D eigenvalue weighted by Gasteiger charge is 2.21. The topological polar surface area (TPSA) is 30.3 Å². The second-order valence-corrected chi connectivity index (χ2v) is 5.94. The van der Waals surface area contributed by atoms with E-state index in [0.29, 0.717) is 6.10 Å². The third kappa shape index (κ3) is 4.71. The first-order valence-electron chi connectivity index (χ1n) is 7.61. The fourth-order valence-electron chi connectivity index (χ4n) is 2.77. The largest absolute Gasteiger partial charge is 0.490 e. The maximum Gasteiger partial charge on any atom is 0.119 e. The van der Waals surface area contributed by atoms with E-state index in [1.54, 1.807) is 0 Å². The molecule has 0 spiro atoms. The first-order chi connectivity index (χ1) is 10.2. The van der Waals surface area contributed by atoms with Gasteiger partial charge in [-0.2, -0.15) is 0 Å². The van der Waals surface area contributed by atoms with Gasteiger partial charge in [0.2, 0.25) is 0 Å². The van der Waals surface area contributed by atoms with Crippen LogP contribution in [0.4, 0.5) is 0 Å². The van der Waals surface area contributed by atoms with Gasteiger partial charge in [-0.25, -0.2) is 4.98 Å². The molecule has 1 aromatic heterocycles. The summed E-state index contributed by atoms with van der Waals surface area (Å²) in [6.45, 7) is 5.19. The molecule has 0 aliphatic carbocycles. The monoisotopic (exact) mass is 413 g/mol. The van der Waals surface area contributed by atoms with E-state index in [-0.39, 0.29) is 24.0 Å². The van der Waals surface area contributed by atoms with Crippen molar-refractivity contribution in [2.45, 2.75) is 32.4 Å². The lowest BCUT2D eigenvalue weighted by molar-refractivity contribution is 0.0962. The number of hydrogen-bond donors (Lipinski definition) is 0. The van der Waals surface area contributed by atoms with Crippen molar-refractivity contribution in [1.29, 1.82) is 0 Å². The van der Waals surface area contributed by atoms with E-state index < -0.39 is 0 Å². The van der Waals surface area contributed by atoms with Crippen LogP contribution in [0, 0.1) is 6.92 Å². The molecule has 1 fully saturated rings. The Morgan fingerprint density at radius 3 is 2.45 bits per heavy atom. The fourth-order valence-corrected chi connectivity index (χ4v) is 2.77. The van der Waals surface area contributed by atoms with Gasteiger partial charge in [-0.1, -0.05) is 17.7 Å². The maximum atomic E-state index is 6.07. The zero-order chi connectivity index (χ0) is 14.7. The van der Waals surface area contributed by atoms with E-state index in [2.05, 4.69) is 47.3 Å². The Bertz CT molecular complexity index is 574. The van der Waals surface area contributed by atoms with Crippen molar-refractivity contribution >= 4 is 24.0 Å². The van der Waals surface area contributed by atoms with Gasteiger partial charge in [0, 0.05) is 32.9 Å². The van der Waals surface area contributed by atoms with Crippen LogP contribution in [0.3, 0.4) is 0 Å². The van der Waals surface area contributed by atoms with Gasteiger partial charge in [-0.05, 0) is 31.9 Å². The minimum absolute atomic E-state index is 0. The Labute approximate surface area is 149 Å². The van der Waals surface area contributed by atoms with Crippen LogP contribution in [0.15, 0.2) is 36.8 Å². The number of piperidine rings is 1. The van der Waals surface area contributed by atoms with Crippen LogP contribution < -0.4 is 4.74 Å². The van der Waals surface area contributed by atoms with Gasteiger partial charge in [0.15, 0.2) is 0 Å². The Balaban J connectivity index is 0.00000176. The molecule has 1 aromatic carbocycles. The third-order valence-corrected chi connectivity index (χ3v) is 4.00. The number of halogens is 1. The van der Waals surface area contributed by atoms with Crippen molar-refractivity contribution in [3.05, 3.63) is 48.0 Å². The molecular weight excluding hydrogens is 389 g/mol. The van der Waals surface area contributed by atoms with Crippen LogP contribution in [0.1, 0.15) is 24.1 Å². The number of nitrogens with zero attached hydrogens (tertiary/aromatic N) is 3. The average Bonchev–Trinajstić information content (AvgIpc) is 2.89. The van der Waals surface area contributed by atoms with Gasteiger partial charge >= 0.3 is 0 Å². The lowest BCUT2D eigenvalue weighted by Gasteiger charge is -2.31. The first kappa shape index (κ1) is 17.3. The molecule has 0 saturated carbocycles. The van der Waals surface area contributed by atoms with Crippen molar-refractivity contribution in [1.82, 2.24) is 14.5 Å². The Morgan fingerprint density at radius 1 is 1.18 bits per heavy atom. The third-order valence-electron chi connectivity index (χ3n) is 4.00. The smallest absolute Gasteiger partial charge is 0.119 e. The van der Waals surface area contributed by atoms with Crippen molar-refractivity contribution in [2.24, 2.45) is 7.05 Å². The summed E-state index contributed by atoms with van der Waals surface area (Å²) < 4.78 is 8.07. The molecule has 2 aromatic rings. The molecule has 4 nitrogen and oxygen atoms in total. The number of benzene rings is 1. The lowest BCUT2D eigenvalue weighted by Crippen LogP contribution is -2.37. The van der Waals surface area contributed by atoms with Crippen LogP contribution in [0.5, 0.6) is 5.75 Å². The van der Waals surface area contributed by atoms with Crippen LogP contribution in [-0.2, 0) is 13.6 Å². The van der Waals surface area contributed by atoms with E-state index in [9.17, 15) is 0 Å². The summed E-state index contributed by atoms with van der Waals surface area (Å²) in [5.74, 6) is 0.990. The van der Waals surface area contributed by atoms with Gasteiger partial charge in [0.05, 0.1) is 12.0 Å². The molecule has 1 saturated heterocycles. The zero-order valence-corrected chi connectivity index (χ0v) is 15.6. The molecular formula is C17H24IN3O. The molecule has 5 heteroatoms. The number of ether oxygens (including phenoxy) is 1. The Kier molecular flexibility index (Phi) is 6.26. The van der Waals surface area contributed by atoms with Crippen molar-refractivity contribution in [2.75, 3.05) is 13.1 Å². The molecule has 0 bridgehead atoms. The summed E-state index contributed by atoms with van der Waals surface area (Å²) in [5.41, 5.74) is 2.42. The molecule has 22 heavy (non-hydrogen) atoms. The quantitative estimate of drug-likeness (QED) is 0.720. The summed E-state index contributed by atoms with van der Waals surface area (Å²) >= 11 is 0. The standard InChI is InChI=1S/C17H23N3O.HI/c1-14-3-5-16(6-4-14)21-17-7-9-20(10-8-17)12-15-11-19(2)13-18-15;/h3-6,11,13,17H,7-10,12H2,1-2H3;1H. The van der Waals surface area contributed by atoms with Crippen LogP contribution in [0.25, 0.3) is 0 Å². The Morgan fingerprint density at radius 2 is 1.86 bits per heavy atom. The van der Waals surface area contributed by atoms with E-state index in [1.165, 1.54) is 5.56 Å². The van der Waals surface area contributed by atoms with Gasteiger partial charge in [-0.15, -0.1) is 24.0 Å². The molecule has 0 radical (unpaired) electrons.